The molecule has 0 aromatic heterocycles. The number of hydrogen-bond donors (Lipinski definition) is 0. The van der Waals surface area contributed by atoms with E-state index in [1.165, 1.54) is 0 Å². The smallest absolute Gasteiger partial charge is 0.0523 e. The minimum Gasteiger partial charge on any atom is -0.261 e. The van der Waals surface area contributed by atoms with Crippen LogP contribution in [0.2, 0.25) is 0 Å². The van der Waals surface area contributed by atoms with Crippen LogP contribution in [0, 0.1) is 4.91 Å². The number of nitroso groups, excluding NO2 is 1. The molecule has 1 fully saturated rings. The van der Waals surface area contributed by atoms with Gasteiger partial charge in [0, 0.05) is 13.0 Å². The van der Waals surface area contributed by atoms with Gasteiger partial charge in [-0.25, -0.2) is 0 Å². The van der Waals surface area contributed by atoms with E-state index in [2.05, 4.69) is 5.29 Å². The van der Waals surface area contributed by atoms with Gasteiger partial charge >= 0.3 is 0 Å². The molecule has 1 rings (SSSR count). The summed E-state index contributed by atoms with van der Waals surface area (Å²) in [6, 6.07) is 0. The molecule has 0 unspecified atom stereocenters. The predicted octanol–water partition coefficient (Wildman–Crippen LogP) is 0.374. The Morgan fingerprint density at radius 2 is 2.50 bits per heavy atom. The third-order valence-electron chi connectivity index (χ3n) is 0.539. The summed E-state index contributed by atoms with van der Waals surface area (Å²) in [5.74, 6) is 0. The topological polar surface area (TPSA) is 32.7 Å². The predicted molar refractivity (Wildman–Crippen MR) is 22.0 cm³/mol. The van der Waals surface area contributed by atoms with Gasteiger partial charge in [-0.2, -0.15) is 0 Å². The highest BCUT2D eigenvalue weighted by Gasteiger charge is 2.10. The lowest BCUT2D eigenvalue weighted by molar-refractivity contribution is 0.187. The summed E-state index contributed by atoms with van der Waals surface area (Å²) in [5, 5.41) is 2.52. The summed E-state index contributed by atoms with van der Waals surface area (Å²) < 4.78 is 27.8. The fourth-order valence-electron chi connectivity index (χ4n) is 0.208. The van der Waals surface area contributed by atoms with Crippen molar-refractivity contribution < 1.29 is 5.48 Å². The van der Waals surface area contributed by atoms with Crippen LogP contribution >= 0.6 is 0 Å². The van der Waals surface area contributed by atoms with Gasteiger partial charge < -0.3 is 0 Å². The minimum atomic E-state index is -1.90. The van der Waals surface area contributed by atoms with Gasteiger partial charge in [0.2, 0.25) is 0 Å². The Morgan fingerprint density at radius 3 is 2.67 bits per heavy atom. The summed E-state index contributed by atoms with van der Waals surface area (Å²) in [6.45, 7) is -3.80. The zero-order valence-electron chi connectivity index (χ0n) is 7.01. The Hall–Kier alpha value is -0.600. The Labute approximate surface area is 41.5 Å². The van der Waals surface area contributed by atoms with Crippen molar-refractivity contribution in [3.63, 3.8) is 0 Å². The third kappa shape index (κ3) is 0.358. The zero-order valence-corrected chi connectivity index (χ0v) is 3.01. The normalized spacial score (nSPS) is 46.3. The van der Waals surface area contributed by atoms with E-state index >= 15 is 0 Å². The summed E-state index contributed by atoms with van der Waals surface area (Å²) in [4.78, 5) is 9.81. The van der Waals surface area contributed by atoms with E-state index in [1.54, 1.807) is 0 Å². The fraction of sp³-hybridized carbons (Fsp3) is 1.00. The van der Waals surface area contributed by atoms with Gasteiger partial charge in [0.15, 0.2) is 0 Å². The van der Waals surface area contributed by atoms with Crippen LogP contribution in [0.25, 0.3) is 0 Å². The molecule has 3 nitrogen and oxygen atoms in total. The lowest BCUT2D eigenvalue weighted by Gasteiger charge is -2.22. The summed E-state index contributed by atoms with van der Waals surface area (Å²) in [6.07, 6.45) is -0.300. The monoisotopic (exact) mass is 90.1 g/mol. The highest BCUT2D eigenvalue weighted by atomic mass is 16.3. The summed E-state index contributed by atoms with van der Waals surface area (Å²) in [7, 11) is 0. The van der Waals surface area contributed by atoms with Gasteiger partial charge in [-0.1, -0.05) is 0 Å². The second kappa shape index (κ2) is 1.24. The lowest BCUT2D eigenvalue weighted by Crippen LogP contribution is -2.31. The second-order valence-corrected chi connectivity index (χ2v) is 0.886. The largest absolute Gasteiger partial charge is 0.261 e. The average Bonchev–Trinajstić information content (AvgIpc) is 1.59. The SMILES string of the molecule is [2H]C1([2H])CC([2H])([2H])N1N=O. The number of nitrogens with zero attached hydrogens (tertiary/aromatic N) is 2. The van der Waals surface area contributed by atoms with Crippen molar-refractivity contribution in [2.24, 2.45) is 5.29 Å². The van der Waals surface area contributed by atoms with Gasteiger partial charge in [0.05, 0.1) is 10.8 Å². The van der Waals surface area contributed by atoms with E-state index in [0.29, 0.717) is 5.01 Å². The molecule has 0 aromatic carbocycles. The van der Waals surface area contributed by atoms with Crippen LogP contribution in [0.5, 0.6) is 0 Å². The van der Waals surface area contributed by atoms with Crippen molar-refractivity contribution in [1.29, 1.82) is 0 Å². The van der Waals surface area contributed by atoms with Gasteiger partial charge in [-0.3, -0.25) is 5.01 Å². The highest BCUT2D eigenvalue weighted by Crippen LogP contribution is 2.03. The summed E-state index contributed by atoms with van der Waals surface area (Å²) >= 11 is 0. The molecule has 0 radical (unpaired) electrons. The molecule has 0 aliphatic carbocycles. The van der Waals surface area contributed by atoms with Crippen molar-refractivity contribution >= 4 is 0 Å². The Kier molecular flexibility index (Phi) is 0.245. The van der Waals surface area contributed by atoms with E-state index in [0.717, 1.165) is 0 Å². The molecule has 1 aliphatic rings. The molecule has 1 aliphatic heterocycles. The molecular formula is C3H6N2O. The van der Waals surface area contributed by atoms with Gasteiger partial charge in [0.25, 0.3) is 0 Å². The van der Waals surface area contributed by atoms with Crippen molar-refractivity contribution in [3.05, 3.63) is 4.91 Å². The molecule has 1 heterocycles. The lowest BCUT2D eigenvalue weighted by atomic mass is 10.3. The molecule has 0 amide bonds. The van der Waals surface area contributed by atoms with Crippen LogP contribution in [-0.2, 0) is 0 Å². The van der Waals surface area contributed by atoms with E-state index < -0.39 is 13.0 Å². The van der Waals surface area contributed by atoms with Crippen LogP contribution in [0.4, 0.5) is 0 Å². The maximum Gasteiger partial charge on any atom is 0.0523 e. The van der Waals surface area contributed by atoms with Crippen LogP contribution in [0.3, 0.4) is 0 Å². The molecule has 0 atom stereocenters. The fourth-order valence-corrected chi connectivity index (χ4v) is 0.208. The van der Waals surface area contributed by atoms with Crippen molar-refractivity contribution in [1.82, 2.24) is 5.01 Å². The molecule has 3 heteroatoms. The quantitative estimate of drug-likeness (QED) is 0.436. The number of rotatable bonds is 1. The first kappa shape index (κ1) is 1.18. The van der Waals surface area contributed by atoms with Crippen LogP contribution in [-0.4, -0.2) is 18.0 Å². The molecule has 0 saturated carbocycles. The molecule has 34 valence electrons. The van der Waals surface area contributed by atoms with E-state index in [9.17, 15) is 4.91 Å². The van der Waals surface area contributed by atoms with Crippen molar-refractivity contribution in [3.8, 4) is 0 Å². The van der Waals surface area contributed by atoms with Gasteiger partial charge in [-0.15, -0.1) is 4.91 Å². The molecule has 0 N–H and O–H groups in total. The van der Waals surface area contributed by atoms with Crippen LogP contribution < -0.4 is 0 Å². The molecule has 1 saturated heterocycles. The second-order valence-electron chi connectivity index (χ2n) is 0.886. The van der Waals surface area contributed by atoms with E-state index in [4.69, 9.17) is 5.48 Å². The Balaban J connectivity index is 2.73. The van der Waals surface area contributed by atoms with E-state index in [-0.39, 0.29) is 6.42 Å². The molecule has 6 heavy (non-hydrogen) atoms. The summed E-state index contributed by atoms with van der Waals surface area (Å²) in [5.41, 5.74) is 0. The maximum absolute atomic E-state index is 9.81. The molecule has 0 spiro atoms. The van der Waals surface area contributed by atoms with Crippen molar-refractivity contribution in [2.45, 2.75) is 6.42 Å². The van der Waals surface area contributed by atoms with Crippen molar-refractivity contribution in [2.75, 3.05) is 13.0 Å². The average molecular weight is 90.1 g/mol. The first-order chi connectivity index (χ1) is 4.40. The molecule has 0 aromatic rings. The Morgan fingerprint density at radius 1 is 1.83 bits per heavy atom. The zero-order chi connectivity index (χ0) is 7.99. The number of hydrogen-bond acceptors (Lipinski definition) is 2. The first-order valence-corrected chi connectivity index (χ1v) is 1.54. The Bertz CT molecular complexity index is 156. The van der Waals surface area contributed by atoms with Gasteiger partial charge in [-0.05, 0) is 6.42 Å². The molecular weight excluding hydrogens is 80.0 g/mol. The standard InChI is InChI=1S/C3H6N2O/c6-4-5-2-1-3-5/h1-3H2/i2D2,3D2. The van der Waals surface area contributed by atoms with Crippen LogP contribution in [0.15, 0.2) is 5.29 Å². The third-order valence-corrected chi connectivity index (χ3v) is 0.539. The van der Waals surface area contributed by atoms with Gasteiger partial charge in [0.1, 0.15) is 0 Å². The molecule has 0 bridgehead atoms. The minimum absolute atomic E-state index is 0.292. The highest BCUT2D eigenvalue weighted by molar-refractivity contribution is 4.61. The van der Waals surface area contributed by atoms with E-state index in [1.807, 2.05) is 0 Å². The van der Waals surface area contributed by atoms with Crippen LogP contribution in [0.1, 0.15) is 11.9 Å². The maximum atomic E-state index is 9.81. The first-order valence-electron chi connectivity index (χ1n) is 3.54.